The summed E-state index contributed by atoms with van der Waals surface area (Å²) in [5, 5.41) is 16.4. The molecule has 156 valence electrons. The molecule has 1 amide bonds. The van der Waals surface area contributed by atoms with Crippen LogP contribution in [0.5, 0.6) is 0 Å². The second kappa shape index (κ2) is 9.49. The number of aromatic nitrogens is 3. The average molecular weight is 408 g/mol. The largest absolute Gasteiger partial charge is 0.369 e. The van der Waals surface area contributed by atoms with Gasteiger partial charge in [0.25, 0.3) is 5.91 Å². The standard InChI is InChI=1S/C22H25FN6O/c23-17-4-1-3-15(11-17)8-10-25-21-19(22(30)26-14-18-5-2-9-24-18)6-7-20(29-21)16-12-27-28-13-16/h1,3-4,6-7,11-13,18,24H,2,5,8-10,14H2,(H,25,29)(H,26,30)(H,27,28)/t18-/m1/s1. The molecule has 0 unspecified atom stereocenters. The van der Waals surface area contributed by atoms with Gasteiger partial charge in [-0.15, -0.1) is 0 Å². The van der Waals surface area contributed by atoms with Crippen molar-refractivity contribution in [3.05, 3.63) is 65.7 Å². The summed E-state index contributed by atoms with van der Waals surface area (Å²) in [4.78, 5) is 17.5. The molecule has 1 aliphatic rings. The molecule has 1 aliphatic heterocycles. The van der Waals surface area contributed by atoms with Crippen molar-refractivity contribution in [2.45, 2.75) is 25.3 Å². The number of H-pyrrole nitrogens is 1. The van der Waals surface area contributed by atoms with Crippen LogP contribution in [0.4, 0.5) is 10.2 Å². The van der Waals surface area contributed by atoms with Gasteiger partial charge < -0.3 is 16.0 Å². The Labute approximate surface area is 174 Å². The van der Waals surface area contributed by atoms with Crippen LogP contribution in [0.25, 0.3) is 11.3 Å². The summed E-state index contributed by atoms with van der Waals surface area (Å²) in [7, 11) is 0. The zero-order valence-corrected chi connectivity index (χ0v) is 16.6. The van der Waals surface area contributed by atoms with Gasteiger partial charge in [0.15, 0.2) is 0 Å². The number of pyridine rings is 1. The minimum absolute atomic E-state index is 0.164. The molecule has 4 N–H and O–H groups in total. The Hall–Kier alpha value is -3.26. The summed E-state index contributed by atoms with van der Waals surface area (Å²) in [5.41, 5.74) is 2.92. The third-order valence-corrected chi connectivity index (χ3v) is 5.20. The van der Waals surface area contributed by atoms with Gasteiger partial charge in [-0.1, -0.05) is 12.1 Å². The van der Waals surface area contributed by atoms with Gasteiger partial charge in [0.05, 0.1) is 17.5 Å². The average Bonchev–Trinajstić information content (AvgIpc) is 3.46. The van der Waals surface area contributed by atoms with Crippen molar-refractivity contribution in [1.82, 2.24) is 25.8 Å². The highest BCUT2D eigenvalue weighted by Crippen LogP contribution is 2.21. The lowest BCUT2D eigenvalue weighted by Gasteiger charge is -2.15. The van der Waals surface area contributed by atoms with E-state index in [0.717, 1.165) is 30.5 Å². The number of benzene rings is 1. The summed E-state index contributed by atoms with van der Waals surface area (Å²) in [6.45, 7) is 2.11. The zero-order valence-electron chi connectivity index (χ0n) is 16.6. The fraction of sp³-hybridized carbons (Fsp3) is 0.318. The van der Waals surface area contributed by atoms with E-state index in [2.05, 4.69) is 31.1 Å². The molecule has 30 heavy (non-hydrogen) atoms. The van der Waals surface area contributed by atoms with Crippen molar-refractivity contribution in [2.75, 3.05) is 25.0 Å². The summed E-state index contributed by atoms with van der Waals surface area (Å²) in [6.07, 6.45) is 6.25. The first-order valence-electron chi connectivity index (χ1n) is 10.2. The number of aromatic amines is 1. The number of halogens is 1. The highest BCUT2D eigenvalue weighted by atomic mass is 19.1. The Morgan fingerprint density at radius 2 is 2.20 bits per heavy atom. The molecular weight excluding hydrogens is 383 g/mol. The van der Waals surface area contributed by atoms with Gasteiger partial charge in [-0.25, -0.2) is 9.37 Å². The fourth-order valence-electron chi connectivity index (χ4n) is 3.59. The van der Waals surface area contributed by atoms with Crippen molar-refractivity contribution in [3.63, 3.8) is 0 Å². The third-order valence-electron chi connectivity index (χ3n) is 5.20. The molecule has 1 saturated heterocycles. The van der Waals surface area contributed by atoms with E-state index < -0.39 is 0 Å². The van der Waals surface area contributed by atoms with Gasteiger partial charge in [0.2, 0.25) is 0 Å². The lowest BCUT2D eigenvalue weighted by atomic mass is 10.1. The van der Waals surface area contributed by atoms with Gasteiger partial charge in [-0.3, -0.25) is 9.89 Å². The van der Waals surface area contributed by atoms with Crippen LogP contribution in [0.3, 0.4) is 0 Å². The van der Waals surface area contributed by atoms with Crippen LogP contribution in [0.2, 0.25) is 0 Å². The smallest absolute Gasteiger partial charge is 0.255 e. The van der Waals surface area contributed by atoms with Crippen molar-refractivity contribution in [2.24, 2.45) is 0 Å². The number of hydrogen-bond acceptors (Lipinski definition) is 5. The fourth-order valence-corrected chi connectivity index (χ4v) is 3.59. The molecule has 3 heterocycles. The first kappa shape index (κ1) is 20.0. The second-order valence-electron chi connectivity index (χ2n) is 7.39. The van der Waals surface area contributed by atoms with Crippen molar-refractivity contribution >= 4 is 11.7 Å². The monoisotopic (exact) mass is 408 g/mol. The Bertz CT molecular complexity index is 985. The van der Waals surface area contributed by atoms with Crippen molar-refractivity contribution in [3.8, 4) is 11.3 Å². The number of rotatable bonds is 8. The molecule has 8 heteroatoms. The highest BCUT2D eigenvalue weighted by molar-refractivity contribution is 5.99. The molecule has 0 radical (unpaired) electrons. The molecule has 0 spiro atoms. The van der Waals surface area contributed by atoms with E-state index in [1.165, 1.54) is 12.1 Å². The number of amides is 1. The summed E-state index contributed by atoms with van der Waals surface area (Å²) in [5.74, 6) is 0.0818. The summed E-state index contributed by atoms with van der Waals surface area (Å²) in [6, 6.07) is 10.4. The Morgan fingerprint density at radius 3 is 2.97 bits per heavy atom. The number of carbonyl (C=O) groups excluding carboxylic acids is 1. The predicted octanol–water partition coefficient (Wildman–Crippen LogP) is 2.75. The molecule has 3 aromatic rings. The molecule has 7 nitrogen and oxygen atoms in total. The Balaban J connectivity index is 1.48. The number of nitrogens with one attached hydrogen (secondary N) is 4. The molecule has 1 aromatic carbocycles. The third kappa shape index (κ3) is 5.01. The van der Waals surface area contributed by atoms with Gasteiger partial charge in [-0.05, 0) is 55.6 Å². The first-order chi connectivity index (χ1) is 14.7. The van der Waals surface area contributed by atoms with E-state index in [1.807, 2.05) is 12.1 Å². The lowest BCUT2D eigenvalue weighted by molar-refractivity contribution is 0.0951. The van der Waals surface area contributed by atoms with Crippen molar-refractivity contribution in [1.29, 1.82) is 0 Å². The molecule has 4 rings (SSSR count). The minimum Gasteiger partial charge on any atom is -0.369 e. The first-order valence-corrected chi connectivity index (χ1v) is 10.2. The SMILES string of the molecule is O=C(NC[C@H]1CCCN1)c1ccc(-c2cn[nH]c2)nc1NCCc1cccc(F)c1. The van der Waals surface area contributed by atoms with Crippen LogP contribution in [0.15, 0.2) is 48.8 Å². The Morgan fingerprint density at radius 1 is 1.27 bits per heavy atom. The number of anilines is 1. The van der Waals surface area contributed by atoms with Gasteiger partial charge in [0.1, 0.15) is 11.6 Å². The van der Waals surface area contributed by atoms with Crippen LogP contribution in [-0.2, 0) is 6.42 Å². The topological polar surface area (TPSA) is 94.7 Å². The summed E-state index contributed by atoms with van der Waals surface area (Å²) < 4.78 is 13.4. The maximum atomic E-state index is 13.4. The minimum atomic E-state index is -0.256. The maximum absolute atomic E-state index is 13.4. The molecule has 1 fully saturated rings. The van der Waals surface area contributed by atoms with Gasteiger partial charge in [-0.2, -0.15) is 5.10 Å². The van der Waals surface area contributed by atoms with E-state index in [-0.39, 0.29) is 11.7 Å². The molecule has 0 aliphatic carbocycles. The molecule has 0 bridgehead atoms. The number of hydrogen-bond donors (Lipinski definition) is 4. The van der Waals surface area contributed by atoms with Crippen LogP contribution in [0, 0.1) is 5.82 Å². The quantitative estimate of drug-likeness (QED) is 0.460. The van der Waals surface area contributed by atoms with Crippen LogP contribution in [0.1, 0.15) is 28.8 Å². The predicted molar refractivity (Wildman–Crippen MR) is 114 cm³/mol. The lowest BCUT2D eigenvalue weighted by Crippen LogP contribution is -2.37. The zero-order chi connectivity index (χ0) is 20.8. The van der Waals surface area contributed by atoms with E-state index in [9.17, 15) is 9.18 Å². The maximum Gasteiger partial charge on any atom is 0.255 e. The van der Waals surface area contributed by atoms with E-state index in [4.69, 9.17) is 0 Å². The molecule has 2 aromatic heterocycles. The highest BCUT2D eigenvalue weighted by Gasteiger charge is 2.18. The molecule has 1 atom stereocenters. The number of carbonyl (C=O) groups is 1. The van der Waals surface area contributed by atoms with Gasteiger partial charge in [0, 0.05) is 30.9 Å². The second-order valence-corrected chi connectivity index (χ2v) is 7.39. The normalized spacial score (nSPS) is 15.8. The molecular formula is C22H25FN6O. The van der Waals surface area contributed by atoms with E-state index in [1.54, 1.807) is 24.5 Å². The van der Waals surface area contributed by atoms with E-state index >= 15 is 0 Å². The van der Waals surface area contributed by atoms with Gasteiger partial charge >= 0.3 is 0 Å². The van der Waals surface area contributed by atoms with E-state index in [0.29, 0.717) is 42.6 Å². The summed E-state index contributed by atoms with van der Waals surface area (Å²) >= 11 is 0. The van der Waals surface area contributed by atoms with Crippen LogP contribution >= 0.6 is 0 Å². The Kier molecular flexibility index (Phi) is 6.34. The number of nitrogens with zero attached hydrogens (tertiary/aromatic N) is 2. The molecule has 0 saturated carbocycles. The van der Waals surface area contributed by atoms with Crippen molar-refractivity contribution < 1.29 is 9.18 Å². The van der Waals surface area contributed by atoms with Crippen LogP contribution < -0.4 is 16.0 Å². The van der Waals surface area contributed by atoms with Crippen LogP contribution in [-0.4, -0.2) is 46.8 Å².